The second kappa shape index (κ2) is 6.82. The van der Waals surface area contributed by atoms with Gasteiger partial charge in [0.2, 0.25) is 0 Å². The van der Waals surface area contributed by atoms with Crippen molar-refractivity contribution in [3.8, 4) is 0 Å². The zero-order valence-corrected chi connectivity index (χ0v) is 12.3. The molecule has 0 fully saturated rings. The first kappa shape index (κ1) is 15.5. The number of halogens is 2. The molecule has 0 aliphatic heterocycles. The standard InChI is InChI=1S/C17H12F2N4O/c18-13-7-6-12(8-14(13)19)22-16-10-20-15(9-21-16)17(24)23-11-4-2-1-3-5-11/h1-10H,(H,21,22)(H,23,24). The van der Waals surface area contributed by atoms with E-state index in [1.54, 1.807) is 24.3 Å². The lowest BCUT2D eigenvalue weighted by Crippen LogP contribution is -2.14. The minimum absolute atomic E-state index is 0.134. The molecule has 0 aliphatic carbocycles. The molecule has 120 valence electrons. The zero-order chi connectivity index (χ0) is 16.9. The smallest absolute Gasteiger partial charge is 0.275 e. The van der Waals surface area contributed by atoms with Gasteiger partial charge in [0.25, 0.3) is 5.91 Å². The Morgan fingerprint density at radius 2 is 1.67 bits per heavy atom. The zero-order valence-electron chi connectivity index (χ0n) is 12.3. The van der Waals surface area contributed by atoms with Crippen LogP contribution in [0.2, 0.25) is 0 Å². The lowest BCUT2D eigenvalue weighted by Gasteiger charge is -2.07. The van der Waals surface area contributed by atoms with E-state index in [4.69, 9.17) is 0 Å². The van der Waals surface area contributed by atoms with Crippen molar-refractivity contribution in [2.75, 3.05) is 10.6 Å². The minimum atomic E-state index is -0.966. The lowest BCUT2D eigenvalue weighted by atomic mass is 10.3. The van der Waals surface area contributed by atoms with Gasteiger partial charge in [0.1, 0.15) is 11.5 Å². The monoisotopic (exact) mass is 326 g/mol. The number of rotatable bonds is 4. The van der Waals surface area contributed by atoms with Crippen LogP contribution in [0.5, 0.6) is 0 Å². The highest BCUT2D eigenvalue weighted by Crippen LogP contribution is 2.17. The van der Waals surface area contributed by atoms with Crippen molar-refractivity contribution < 1.29 is 13.6 Å². The van der Waals surface area contributed by atoms with Crippen molar-refractivity contribution in [3.05, 3.63) is 78.3 Å². The number of nitrogens with zero attached hydrogens (tertiary/aromatic N) is 2. The van der Waals surface area contributed by atoms with E-state index < -0.39 is 17.5 Å². The van der Waals surface area contributed by atoms with E-state index in [0.717, 1.165) is 12.1 Å². The molecule has 0 bridgehead atoms. The summed E-state index contributed by atoms with van der Waals surface area (Å²) in [5, 5.41) is 5.46. The van der Waals surface area contributed by atoms with Crippen LogP contribution in [0.1, 0.15) is 10.5 Å². The predicted molar refractivity (Wildman–Crippen MR) is 86.1 cm³/mol. The average molecular weight is 326 g/mol. The summed E-state index contributed by atoms with van der Waals surface area (Å²) in [5.41, 5.74) is 1.10. The Balaban J connectivity index is 1.68. The number of amides is 1. The Morgan fingerprint density at radius 3 is 2.33 bits per heavy atom. The number of anilines is 3. The van der Waals surface area contributed by atoms with Gasteiger partial charge in [-0.15, -0.1) is 0 Å². The van der Waals surface area contributed by atoms with Gasteiger partial charge < -0.3 is 10.6 Å². The highest BCUT2D eigenvalue weighted by molar-refractivity contribution is 6.02. The summed E-state index contributed by atoms with van der Waals surface area (Å²) in [5.74, 6) is -1.99. The van der Waals surface area contributed by atoms with Crippen LogP contribution in [0.3, 0.4) is 0 Å². The summed E-state index contributed by atoms with van der Waals surface area (Å²) in [6, 6.07) is 12.3. The molecule has 0 aliphatic rings. The first-order valence-electron chi connectivity index (χ1n) is 7.02. The maximum atomic E-state index is 13.2. The summed E-state index contributed by atoms with van der Waals surface area (Å²) in [7, 11) is 0. The van der Waals surface area contributed by atoms with Crippen LogP contribution in [-0.2, 0) is 0 Å². The molecule has 2 aromatic carbocycles. The second-order valence-corrected chi connectivity index (χ2v) is 4.86. The highest BCUT2D eigenvalue weighted by atomic mass is 19.2. The number of carbonyl (C=O) groups excluding carboxylic acids is 1. The Morgan fingerprint density at radius 1 is 0.875 bits per heavy atom. The van der Waals surface area contributed by atoms with Gasteiger partial charge in [-0.2, -0.15) is 0 Å². The predicted octanol–water partition coefficient (Wildman–Crippen LogP) is 3.75. The normalized spacial score (nSPS) is 10.2. The molecule has 0 atom stereocenters. The first-order valence-corrected chi connectivity index (χ1v) is 7.02. The largest absolute Gasteiger partial charge is 0.339 e. The molecule has 1 amide bonds. The van der Waals surface area contributed by atoms with Crippen molar-refractivity contribution >= 4 is 23.1 Å². The summed E-state index contributed by atoms with van der Waals surface area (Å²) >= 11 is 0. The molecular weight excluding hydrogens is 314 g/mol. The molecule has 0 spiro atoms. The Bertz CT molecular complexity index is 854. The molecule has 0 saturated carbocycles. The van der Waals surface area contributed by atoms with E-state index in [9.17, 15) is 13.6 Å². The molecule has 0 unspecified atom stereocenters. The molecule has 7 heteroatoms. The number of para-hydroxylation sites is 1. The van der Waals surface area contributed by atoms with Crippen molar-refractivity contribution in [2.24, 2.45) is 0 Å². The molecule has 2 N–H and O–H groups in total. The molecule has 1 aromatic heterocycles. The number of carbonyl (C=O) groups is 1. The Kier molecular flexibility index (Phi) is 4.42. The summed E-state index contributed by atoms with van der Waals surface area (Å²) in [6.45, 7) is 0. The lowest BCUT2D eigenvalue weighted by molar-refractivity contribution is 0.102. The maximum Gasteiger partial charge on any atom is 0.275 e. The van der Waals surface area contributed by atoms with Crippen molar-refractivity contribution in [1.29, 1.82) is 0 Å². The van der Waals surface area contributed by atoms with Crippen LogP contribution in [0.4, 0.5) is 26.0 Å². The SMILES string of the molecule is O=C(Nc1ccccc1)c1cnc(Nc2ccc(F)c(F)c2)cn1. The Hall–Kier alpha value is -3.35. The molecule has 24 heavy (non-hydrogen) atoms. The quantitative estimate of drug-likeness (QED) is 0.766. The molecule has 0 saturated heterocycles. The van der Waals surface area contributed by atoms with Crippen LogP contribution in [0.25, 0.3) is 0 Å². The van der Waals surface area contributed by atoms with E-state index in [-0.39, 0.29) is 5.69 Å². The van der Waals surface area contributed by atoms with E-state index in [1.807, 2.05) is 6.07 Å². The van der Waals surface area contributed by atoms with Crippen molar-refractivity contribution in [3.63, 3.8) is 0 Å². The molecule has 3 aromatic rings. The van der Waals surface area contributed by atoms with Crippen LogP contribution < -0.4 is 10.6 Å². The fraction of sp³-hybridized carbons (Fsp3) is 0. The number of hydrogen-bond acceptors (Lipinski definition) is 4. The average Bonchev–Trinajstić information content (AvgIpc) is 2.60. The van der Waals surface area contributed by atoms with Crippen LogP contribution >= 0.6 is 0 Å². The minimum Gasteiger partial charge on any atom is -0.339 e. The van der Waals surface area contributed by atoms with Gasteiger partial charge in [-0.05, 0) is 24.3 Å². The summed E-state index contributed by atoms with van der Waals surface area (Å²) < 4.78 is 26.0. The number of nitrogens with one attached hydrogen (secondary N) is 2. The third kappa shape index (κ3) is 3.70. The van der Waals surface area contributed by atoms with Crippen molar-refractivity contribution in [1.82, 2.24) is 9.97 Å². The Labute approximate surface area is 136 Å². The summed E-state index contributed by atoms with van der Waals surface area (Å²) in [6.07, 6.45) is 2.63. The van der Waals surface area contributed by atoms with E-state index in [1.165, 1.54) is 18.5 Å². The van der Waals surface area contributed by atoms with Crippen LogP contribution in [-0.4, -0.2) is 15.9 Å². The van der Waals surface area contributed by atoms with Gasteiger partial charge in [0.15, 0.2) is 11.6 Å². The highest BCUT2D eigenvalue weighted by Gasteiger charge is 2.09. The van der Waals surface area contributed by atoms with Gasteiger partial charge >= 0.3 is 0 Å². The molecule has 3 rings (SSSR count). The second-order valence-electron chi connectivity index (χ2n) is 4.86. The third-order valence-corrected chi connectivity index (χ3v) is 3.11. The number of benzene rings is 2. The van der Waals surface area contributed by atoms with Gasteiger partial charge in [-0.25, -0.2) is 18.7 Å². The van der Waals surface area contributed by atoms with Gasteiger partial charge in [-0.3, -0.25) is 4.79 Å². The fourth-order valence-electron chi connectivity index (χ4n) is 1.95. The third-order valence-electron chi connectivity index (χ3n) is 3.11. The molecule has 0 radical (unpaired) electrons. The van der Waals surface area contributed by atoms with Crippen LogP contribution in [0.15, 0.2) is 60.9 Å². The summed E-state index contributed by atoms with van der Waals surface area (Å²) in [4.78, 5) is 20.1. The van der Waals surface area contributed by atoms with Crippen LogP contribution in [0, 0.1) is 11.6 Å². The van der Waals surface area contributed by atoms with E-state index in [2.05, 4.69) is 20.6 Å². The topological polar surface area (TPSA) is 66.9 Å². The fourth-order valence-corrected chi connectivity index (χ4v) is 1.95. The van der Waals surface area contributed by atoms with Gasteiger partial charge in [0, 0.05) is 17.4 Å². The molecule has 5 nitrogen and oxygen atoms in total. The molecule has 1 heterocycles. The maximum absolute atomic E-state index is 13.2. The number of aromatic nitrogens is 2. The van der Waals surface area contributed by atoms with Gasteiger partial charge in [0.05, 0.1) is 12.4 Å². The van der Waals surface area contributed by atoms with Gasteiger partial charge in [-0.1, -0.05) is 18.2 Å². The van der Waals surface area contributed by atoms with Crippen molar-refractivity contribution in [2.45, 2.75) is 0 Å². The first-order chi connectivity index (χ1) is 11.6. The number of hydrogen-bond donors (Lipinski definition) is 2. The van der Waals surface area contributed by atoms with E-state index >= 15 is 0 Å². The molecular formula is C17H12F2N4O. The van der Waals surface area contributed by atoms with E-state index in [0.29, 0.717) is 17.2 Å².